The zero-order valence-electron chi connectivity index (χ0n) is 18.7. The fraction of sp³-hybridized carbons (Fsp3) is 0.423. The number of likely N-dealkylation sites (N-methyl/N-ethyl adjacent to an activating group) is 1. The van der Waals surface area contributed by atoms with Crippen LogP contribution in [0.1, 0.15) is 49.1 Å². The molecule has 2 saturated carbocycles. The molecule has 33 heavy (non-hydrogen) atoms. The molecule has 2 amide bonds. The largest absolute Gasteiger partial charge is 0.479 e. The first-order valence-electron chi connectivity index (χ1n) is 11.5. The lowest BCUT2D eigenvalue weighted by atomic mass is 9.67. The fourth-order valence-corrected chi connectivity index (χ4v) is 5.32. The number of aliphatic carboxylic acids is 1. The highest BCUT2D eigenvalue weighted by atomic mass is 16.5. The summed E-state index contributed by atoms with van der Waals surface area (Å²) in [5.41, 5.74) is 2.78. The van der Waals surface area contributed by atoms with E-state index in [4.69, 9.17) is 4.74 Å². The van der Waals surface area contributed by atoms with Crippen molar-refractivity contribution in [3.8, 4) is 11.1 Å². The van der Waals surface area contributed by atoms with Crippen molar-refractivity contribution in [2.75, 3.05) is 20.2 Å². The molecule has 0 atom stereocenters. The first-order chi connectivity index (χ1) is 15.9. The molecule has 172 valence electrons. The van der Waals surface area contributed by atoms with Gasteiger partial charge in [0, 0.05) is 19.5 Å². The number of nitrogens with one attached hydrogen (secondary N) is 1. The molecule has 3 aliphatic rings. The summed E-state index contributed by atoms with van der Waals surface area (Å²) >= 11 is 0. The number of carbonyl (C=O) groups is 3. The smallest absolute Gasteiger partial charge is 0.407 e. The number of benzene rings is 2. The number of carbonyl (C=O) groups excluding carboxylic acids is 2. The van der Waals surface area contributed by atoms with Gasteiger partial charge in [0.1, 0.15) is 12.1 Å². The maximum atomic E-state index is 13.2. The van der Waals surface area contributed by atoms with Crippen molar-refractivity contribution < 1.29 is 24.2 Å². The Bertz CT molecular complexity index is 1070. The number of amides is 2. The molecule has 0 radical (unpaired) electrons. The van der Waals surface area contributed by atoms with Gasteiger partial charge in [0.25, 0.3) is 0 Å². The first kappa shape index (κ1) is 21.5. The molecule has 3 aliphatic carbocycles. The molecule has 0 aromatic heterocycles. The summed E-state index contributed by atoms with van der Waals surface area (Å²) < 4.78 is 5.59. The van der Waals surface area contributed by atoms with E-state index in [9.17, 15) is 19.5 Å². The van der Waals surface area contributed by atoms with Crippen LogP contribution in [0.15, 0.2) is 48.5 Å². The van der Waals surface area contributed by atoms with Gasteiger partial charge in [-0.15, -0.1) is 0 Å². The summed E-state index contributed by atoms with van der Waals surface area (Å²) in [4.78, 5) is 38.7. The van der Waals surface area contributed by atoms with Gasteiger partial charge in [-0.25, -0.2) is 9.59 Å². The molecule has 0 aliphatic heterocycles. The van der Waals surface area contributed by atoms with Crippen LogP contribution in [0.4, 0.5) is 4.79 Å². The second kappa shape index (κ2) is 7.90. The molecular weight excluding hydrogens is 420 g/mol. The van der Waals surface area contributed by atoms with Crippen LogP contribution >= 0.6 is 0 Å². The zero-order valence-corrected chi connectivity index (χ0v) is 18.7. The van der Waals surface area contributed by atoms with Crippen LogP contribution in [0.5, 0.6) is 0 Å². The standard InChI is InChI=1S/C26H28N2O5/c1-28(26(13-14-26)23(30)31)22(29)25(11-6-12-25)16-27-24(32)33-15-21-19-9-4-2-7-17(19)18-8-3-5-10-20(18)21/h2-5,7-10,21H,6,11-16H2,1H3,(H,27,32)(H,30,31). The minimum absolute atomic E-state index is 0.0288. The van der Waals surface area contributed by atoms with Gasteiger partial charge in [-0.2, -0.15) is 0 Å². The van der Waals surface area contributed by atoms with Gasteiger partial charge in [-0.05, 0) is 47.9 Å². The summed E-state index contributed by atoms with van der Waals surface area (Å²) in [7, 11) is 1.57. The molecule has 2 N–H and O–H groups in total. The Morgan fingerprint density at radius 2 is 1.58 bits per heavy atom. The number of carboxylic acid groups (broad SMARTS) is 1. The first-order valence-corrected chi connectivity index (χ1v) is 11.5. The van der Waals surface area contributed by atoms with Gasteiger partial charge < -0.3 is 20.1 Å². The van der Waals surface area contributed by atoms with E-state index in [-0.39, 0.29) is 25.0 Å². The second-order valence-electron chi connectivity index (χ2n) is 9.51. The van der Waals surface area contributed by atoms with Crippen molar-refractivity contribution in [2.24, 2.45) is 5.41 Å². The number of hydrogen-bond acceptors (Lipinski definition) is 4. The van der Waals surface area contributed by atoms with Crippen LogP contribution in [0.25, 0.3) is 11.1 Å². The molecule has 0 unspecified atom stereocenters. The summed E-state index contributed by atoms with van der Waals surface area (Å²) in [5.74, 6) is -1.19. The number of rotatable bonds is 7. The van der Waals surface area contributed by atoms with Crippen LogP contribution < -0.4 is 5.32 Å². The number of fused-ring (bicyclic) bond motifs is 3. The lowest BCUT2D eigenvalue weighted by Crippen LogP contribution is -2.57. The molecule has 2 aromatic rings. The molecular formula is C26H28N2O5. The van der Waals surface area contributed by atoms with Gasteiger partial charge in [0.2, 0.25) is 5.91 Å². The molecule has 7 heteroatoms. The Hall–Kier alpha value is -3.35. The van der Waals surface area contributed by atoms with Gasteiger partial charge in [0.05, 0.1) is 5.41 Å². The van der Waals surface area contributed by atoms with Crippen LogP contribution in [0.2, 0.25) is 0 Å². The summed E-state index contributed by atoms with van der Waals surface area (Å²) in [6.07, 6.45) is 2.54. The van der Waals surface area contributed by atoms with Crippen molar-refractivity contribution in [3.05, 3.63) is 59.7 Å². The Morgan fingerprint density at radius 3 is 2.06 bits per heavy atom. The predicted molar refractivity (Wildman–Crippen MR) is 122 cm³/mol. The molecule has 0 heterocycles. The molecule has 0 saturated heterocycles. The predicted octanol–water partition coefficient (Wildman–Crippen LogP) is 3.77. The maximum absolute atomic E-state index is 13.2. The van der Waals surface area contributed by atoms with Crippen LogP contribution in [0, 0.1) is 5.41 Å². The quantitative estimate of drug-likeness (QED) is 0.672. The highest BCUT2D eigenvalue weighted by Gasteiger charge is 2.59. The molecule has 2 aromatic carbocycles. The lowest BCUT2D eigenvalue weighted by molar-refractivity contribution is -0.158. The molecule has 5 rings (SSSR count). The number of ether oxygens (including phenoxy) is 1. The van der Waals surface area contributed by atoms with E-state index in [1.54, 1.807) is 7.05 Å². The lowest BCUT2D eigenvalue weighted by Gasteiger charge is -2.44. The number of nitrogens with zero attached hydrogens (tertiary/aromatic N) is 1. The molecule has 0 spiro atoms. The van der Waals surface area contributed by atoms with Crippen LogP contribution in [-0.4, -0.2) is 53.7 Å². The van der Waals surface area contributed by atoms with Crippen molar-refractivity contribution in [3.63, 3.8) is 0 Å². The van der Waals surface area contributed by atoms with Gasteiger partial charge in [-0.3, -0.25) is 4.79 Å². The van der Waals surface area contributed by atoms with Crippen molar-refractivity contribution in [1.29, 1.82) is 0 Å². The van der Waals surface area contributed by atoms with E-state index in [1.807, 2.05) is 24.3 Å². The summed E-state index contributed by atoms with van der Waals surface area (Å²) in [5, 5.41) is 12.3. The van der Waals surface area contributed by atoms with E-state index in [0.717, 1.165) is 28.7 Å². The average Bonchev–Trinajstić information content (AvgIpc) is 3.55. The highest BCUT2D eigenvalue weighted by Crippen LogP contribution is 2.48. The molecule has 7 nitrogen and oxygen atoms in total. The fourth-order valence-electron chi connectivity index (χ4n) is 5.32. The Morgan fingerprint density at radius 1 is 1.00 bits per heavy atom. The van der Waals surface area contributed by atoms with Gasteiger partial charge >= 0.3 is 12.1 Å². The van der Waals surface area contributed by atoms with Crippen LogP contribution in [0.3, 0.4) is 0 Å². The summed E-state index contributed by atoms with van der Waals surface area (Å²) in [6.45, 7) is 0.366. The molecule has 2 fully saturated rings. The Balaban J connectivity index is 1.22. The monoisotopic (exact) mass is 448 g/mol. The van der Waals surface area contributed by atoms with Crippen molar-refractivity contribution in [1.82, 2.24) is 10.2 Å². The topological polar surface area (TPSA) is 95.9 Å². The highest BCUT2D eigenvalue weighted by molar-refractivity contribution is 5.92. The van der Waals surface area contributed by atoms with Crippen molar-refractivity contribution in [2.45, 2.75) is 43.6 Å². The Kier molecular flexibility index (Phi) is 5.15. The maximum Gasteiger partial charge on any atom is 0.407 e. The number of hydrogen-bond donors (Lipinski definition) is 2. The third kappa shape index (κ3) is 3.46. The second-order valence-corrected chi connectivity index (χ2v) is 9.51. The van der Waals surface area contributed by atoms with E-state index < -0.39 is 23.0 Å². The van der Waals surface area contributed by atoms with E-state index in [1.165, 1.54) is 4.90 Å². The average molecular weight is 449 g/mol. The Labute approximate surface area is 192 Å². The number of carboxylic acids is 1. The van der Waals surface area contributed by atoms with Gasteiger partial charge in [0.15, 0.2) is 0 Å². The number of alkyl carbamates (subject to hydrolysis) is 1. The summed E-state index contributed by atoms with van der Waals surface area (Å²) in [6, 6.07) is 16.3. The van der Waals surface area contributed by atoms with Gasteiger partial charge in [-0.1, -0.05) is 55.0 Å². The van der Waals surface area contributed by atoms with E-state index in [2.05, 4.69) is 29.6 Å². The zero-order chi connectivity index (χ0) is 23.2. The SMILES string of the molecule is CN(C(=O)C1(CNC(=O)OCC2c3ccccc3-c3ccccc32)CCC1)C1(C(=O)O)CC1. The minimum atomic E-state index is -1.08. The van der Waals surface area contributed by atoms with Crippen LogP contribution in [-0.2, 0) is 14.3 Å². The normalized spacial score (nSPS) is 18.9. The third-order valence-corrected chi connectivity index (χ3v) is 7.75. The van der Waals surface area contributed by atoms with E-state index in [0.29, 0.717) is 25.7 Å². The third-order valence-electron chi connectivity index (χ3n) is 7.75. The van der Waals surface area contributed by atoms with E-state index >= 15 is 0 Å². The molecule has 0 bridgehead atoms. The minimum Gasteiger partial charge on any atom is -0.479 e. The van der Waals surface area contributed by atoms with Crippen molar-refractivity contribution >= 4 is 18.0 Å².